The van der Waals surface area contributed by atoms with Crippen LogP contribution in [0.15, 0.2) is 30.5 Å². The zero-order chi connectivity index (χ0) is 12.4. The Hall–Kier alpha value is -1.81. The van der Waals surface area contributed by atoms with E-state index in [2.05, 4.69) is 4.98 Å². The molecule has 0 atom stereocenters. The first-order valence-corrected chi connectivity index (χ1v) is 5.24. The maximum Gasteiger partial charge on any atom is 0.146 e. The molecule has 88 valence electrons. The van der Waals surface area contributed by atoms with Crippen LogP contribution < -0.4 is 10.5 Å². The van der Waals surface area contributed by atoms with E-state index in [1.54, 1.807) is 25.4 Å². The highest BCUT2D eigenvalue weighted by Gasteiger charge is 2.09. The maximum atomic E-state index is 13.4. The molecule has 17 heavy (non-hydrogen) atoms. The van der Waals surface area contributed by atoms with Crippen molar-refractivity contribution in [2.75, 3.05) is 12.8 Å². The van der Waals surface area contributed by atoms with Crippen molar-refractivity contribution in [2.45, 2.75) is 0 Å². The average molecular weight is 253 g/mol. The Morgan fingerprint density at radius 3 is 2.71 bits per heavy atom. The lowest BCUT2D eigenvalue weighted by molar-refractivity contribution is 0.413. The van der Waals surface area contributed by atoms with E-state index >= 15 is 0 Å². The molecule has 0 saturated carbocycles. The van der Waals surface area contributed by atoms with Crippen LogP contribution >= 0.6 is 11.6 Å². The third-order valence-electron chi connectivity index (χ3n) is 2.33. The van der Waals surface area contributed by atoms with Gasteiger partial charge in [0.05, 0.1) is 29.7 Å². The number of hydrogen-bond donors (Lipinski definition) is 1. The van der Waals surface area contributed by atoms with Gasteiger partial charge < -0.3 is 10.5 Å². The van der Waals surface area contributed by atoms with Gasteiger partial charge in [0, 0.05) is 5.56 Å². The number of benzene rings is 1. The number of rotatable bonds is 2. The van der Waals surface area contributed by atoms with Crippen LogP contribution in [0.5, 0.6) is 5.75 Å². The summed E-state index contributed by atoms with van der Waals surface area (Å²) >= 11 is 5.99. The van der Waals surface area contributed by atoms with Gasteiger partial charge in [-0.3, -0.25) is 4.98 Å². The SMILES string of the molecule is COc1ccc(-c2cc(F)c(N)cc2Cl)nc1. The van der Waals surface area contributed by atoms with Crippen molar-refractivity contribution < 1.29 is 9.13 Å². The molecule has 2 rings (SSSR count). The van der Waals surface area contributed by atoms with Gasteiger partial charge >= 0.3 is 0 Å². The Morgan fingerprint density at radius 1 is 1.35 bits per heavy atom. The van der Waals surface area contributed by atoms with E-state index < -0.39 is 5.82 Å². The smallest absolute Gasteiger partial charge is 0.146 e. The monoisotopic (exact) mass is 252 g/mol. The number of hydrogen-bond acceptors (Lipinski definition) is 3. The number of halogens is 2. The molecule has 0 aliphatic rings. The number of anilines is 1. The lowest BCUT2D eigenvalue weighted by atomic mass is 10.1. The third kappa shape index (κ3) is 2.31. The van der Waals surface area contributed by atoms with Gasteiger partial charge in [-0.05, 0) is 24.3 Å². The summed E-state index contributed by atoms with van der Waals surface area (Å²) in [6, 6.07) is 6.08. The van der Waals surface area contributed by atoms with Crippen LogP contribution in [0.2, 0.25) is 5.02 Å². The minimum atomic E-state index is -0.512. The summed E-state index contributed by atoms with van der Waals surface area (Å²) in [5.74, 6) is 0.114. The summed E-state index contributed by atoms with van der Waals surface area (Å²) in [5, 5.41) is 0.363. The lowest BCUT2D eigenvalue weighted by Crippen LogP contribution is -1.93. The molecule has 3 nitrogen and oxygen atoms in total. The number of aromatic nitrogens is 1. The highest BCUT2D eigenvalue weighted by molar-refractivity contribution is 6.33. The molecule has 0 aliphatic heterocycles. The summed E-state index contributed by atoms with van der Waals surface area (Å²) in [5.41, 5.74) is 6.50. The first-order valence-electron chi connectivity index (χ1n) is 4.86. The van der Waals surface area contributed by atoms with E-state index in [0.29, 0.717) is 22.0 Å². The molecule has 0 saturated heterocycles. The fraction of sp³-hybridized carbons (Fsp3) is 0.0833. The van der Waals surface area contributed by atoms with Crippen molar-refractivity contribution in [2.24, 2.45) is 0 Å². The standard InChI is InChI=1S/C12H10ClFN2O/c1-17-7-2-3-12(16-6-7)8-4-10(14)11(15)5-9(8)13/h2-6H,15H2,1H3. The highest BCUT2D eigenvalue weighted by Crippen LogP contribution is 2.30. The van der Waals surface area contributed by atoms with Crippen LogP contribution in [0.3, 0.4) is 0 Å². The number of nitrogens with two attached hydrogens (primary N) is 1. The molecule has 0 fully saturated rings. The number of ether oxygens (including phenoxy) is 1. The second-order valence-electron chi connectivity index (χ2n) is 3.44. The fourth-order valence-corrected chi connectivity index (χ4v) is 1.69. The first kappa shape index (κ1) is 11.7. The van der Waals surface area contributed by atoms with E-state index in [9.17, 15) is 4.39 Å². The zero-order valence-electron chi connectivity index (χ0n) is 9.08. The van der Waals surface area contributed by atoms with Gasteiger partial charge in [-0.25, -0.2) is 4.39 Å². The Morgan fingerprint density at radius 2 is 2.12 bits per heavy atom. The van der Waals surface area contributed by atoms with Crippen molar-refractivity contribution in [3.05, 3.63) is 41.3 Å². The second-order valence-corrected chi connectivity index (χ2v) is 3.84. The summed E-state index contributed by atoms with van der Waals surface area (Å²) < 4.78 is 18.3. The van der Waals surface area contributed by atoms with Crippen molar-refractivity contribution in [1.82, 2.24) is 4.98 Å². The van der Waals surface area contributed by atoms with Crippen LogP contribution in [0.4, 0.5) is 10.1 Å². The molecular weight excluding hydrogens is 243 g/mol. The first-order chi connectivity index (χ1) is 8.11. The molecule has 0 bridgehead atoms. The highest BCUT2D eigenvalue weighted by atomic mass is 35.5. The van der Waals surface area contributed by atoms with Crippen molar-refractivity contribution in [3.63, 3.8) is 0 Å². The second kappa shape index (κ2) is 4.59. The van der Waals surface area contributed by atoms with Gasteiger partial charge in [0.15, 0.2) is 0 Å². The minimum Gasteiger partial charge on any atom is -0.495 e. The normalized spacial score (nSPS) is 10.3. The van der Waals surface area contributed by atoms with Gasteiger partial charge in [-0.15, -0.1) is 0 Å². The van der Waals surface area contributed by atoms with Crippen molar-refractivity contribution >= 4 is 17.3 Å². The Kier molecular flexibility index (Phi) is 3.15. The van der Waals surface area contributed by atoms with Gasteiger partial charge in [-0.2, -0.15) is 0 Å². The Bertz CT molecular complexity index is 543. The van der Waals surface area contributed by atoms with Crippen molar-refractivity contribution in [3.8, 4) is 17.0 Å². The van der Waals surface area contributed by atoms with Gasteiger partial charge in [0.2, 0.25) is 0 Å². The van der Waals surface area contributed by atoms with E-state index in [-0.39, 0.29) is 5.69 Å². The maximum absolute atomic E-state index is 13.4. The topological polar surface area (TPSA) is 48.1 Å². The number of pyridine rings is 1. The van der Waals surface area contributed by atoms with E-state index in [4.69, 9.17) is 22.1 Å². The fourth-order valence-electron chi connectivity index (χ4n) is 1.42. The summed E-state index contributed by atoms with van der Waals surface area (Å²) in [7, 11) is 1.55. The van der Waals surface area contributed by atoms with Gasteiger partial charge in [-0.1, -0.05) is 11.6 Å². The minimum absolute atomic E-state index is 0.0206. The quantitative estimate of drug-likeness (QED) is 0.836. The predicted molar refractivity (Wildman–Crippen MR) is 65.6 cm³/mol. The van der Waals surface area contributed by atoms with Gasteiger partial charge in [0.25, 0.3) is 0 Å². The van der Waals surface area contributed by atoms with Crippen LogP contribution in [0.25, 0.3) is 11.3 Å². The average Bonchev–Trinajstić information content (AvgIpc) is 2.34. The largest absolute Gasteiger partial charge is 0.495 e. The molecule has 1 aromatic heterocycles. The van der Waals surface area contributed by atoms with Crippen molar-refractivity contribution in [1.29, 1.82) is 0 Å². The lowest BCUT2D eigenvalue weighted by Gasteiger charge is -2.06. The van der Waals surface area contributed by atoms with Crippen LogP contribution in [0, 0.1) is 5.82 Å². The number of methoxy groups -OCH3 is 1. The number of nitrogen functional groups attached to an aromatic ring is 1. The number of nitrogens with zero attached hydrogens (tertiary/aromatic N) is 1. The molecule has 0 aliphatic carbocycles. The molecule has 2 N–H and O–H groups in total. The summed E-state index contributed by atoms with van der Waals surface area (Å²) in [6.07, 6.45) is 1.54. The van der Waals surface area contributed by atoms with Crippen LogP contribution in [-0.4, -0.2) is 12.1 Å². The molecule has 2 aromatic rings. The third-order valence-corrected chi connectivity index (χ3v) is 2.65. The van der Waals surface area contributed by atoms with E-state index in [0.717, 1.165) is 0 Å². The Balaban J connectivity index is 2.48. The summed E-state index contributed by atoms with van der Waals surface area (Å²) in [6.45, 7) is 0. The van der Waals surface area contributed by atoms with Crippen LogP contribution in [0.1, 0.15) is 0 Å². The van der Waals surface area contributed by atoms with Gasteiger partial charge in [0.1, 0.15) is 11.6 Å². The molecular formula is C12H10ClFN2O. The molecule has 1 heterocycles. The van der Waals surface area contributed by atoms with E-state index in [1.165, 1.54) is 12.1 Å². The van der Waals surface area contributed by atoms with Crippen LogP contribution in [-0.2, 0) is 0 Å². The molecule has 5 heteroatoms. The molecule has 0 radical (unpaired) electrons. The van der Waals surface area contributed by atoms with E-state index in [1.807, 2.05) is 0 Å². The molecule has 0 amide bonds. The molecule has 0 spiro atoms. The summed E-state index contributed by atoms with van der Waals surface area (Å²) in [4.78, 5) is 4.13. The molecule has 0 unspecified atom stereocenters. The predicted octanol–water partition coefficient (Wildman–Crippen LogP) is 3.13. The Labute approximate surface area is 103 Å². The zero-order valence-corrected chi connectivity index (χ0v) is 9.83. The molecule has 1 aromatic carbocycles.